The van der Waals surface area contributed by atoms with Crippen molar-refractivity contribution in [3.63, 3.8) is 0 Å². The van der Waals surface area contributed by atoms with E-state index in [2.05, 4.69) is 28.3 Å². The van der Waals surface area contributed by atoms with Crippen LogP contribution < -0.4 is 10.2 Å². The van der Waals surface area contributed by atoms with Gasteiger partial charge in [-0.2, -0.15) is 0 Å². The maximum Gasteiger partial charge on any atom is 0.259 e. The van der Waals surface area contributed by atoms with Crippen LogP contribution in [-0.2, 0) is 9.59 Å². The molecule has 7 nitrogen and oxygen atoms in total. The molecule has 0 aromatic heterocycles. The molecule has 2 heterocycles. The van der Waals surface area contributed by atoms with Gasteiger partial charge in [-0.05, 0) is 75.8 Å². The van der Waals surface area contributed by atoms with Gasteiger partial charge in [0.2, 0.25) is 5.91 Å². The average Bonchev–Trinajstić information content (AvgIpc) is 2.74. The normalized spacial score (nSPS) is 17.5. The fraction of sp³-hybridized carbons (Fsp3) is 0.500. The van der Waals surface area contributed by atoms with Crippen molar-refractivity contribution in [2.45, 2.75) is 47.5 Å². The minimum Gasteiger partial charge on any atom is -0.374 e. The zero-order valence-corrected chi connectivity index (χ0v) is 20.6. The number of aryl methyl sites for hydroxylation is 1. The first-order chi connectivity index (χ1) is 15.6. The summed E-state index contributed by atoms with van der Waals surface area (Å²) in [6.07, 6.45) is 3.84. The van der Waals surface area contributed by atoms with E-state index in [-0.39, 0.29) is 27.1 Å². The molecule has 7 heteroatoms. The maximum absolute atomic E-state index is 13.1. The Morgan fingerprint density at radius 1 is 1.18 bits per heavy atom. The van der Waals surface area contributed by atoms with Crippen LogP contribution in [0.2, 0.25) is 0 Å². The average molecular weight is 456 g/mol. The van der Waals surface area contributed by atoms with Crippen molar-refractivity contribution < 1.29 is 17.2 Å². The molecule has 33 heavy (non-hydrogen) atoms. The number of allylic oxidation sites excluding steroid dienone is 1. The smallest absolute Gasteiger partial charge is 0.259 e. The van der Waals surface area contributed by atoms with Crippen LogP contribution in [0.25, 0.3) is 0 Å². The number of hydrogen-bond acceptors (Lipinski definition) is 4. The Bertz CT molecular complexity index is 1010. The molecule has 3 amide bonds. The quantitative estimate of drug-likeness (QED) is 0.708. The maximum atomic E-state index is 13.1. The Kier molecular flexibility index (Phi) is 7.72. The van der Waals surface area contributed by atoms with Gasteiger partial charge in [0, 0.05) is 60.0 Å². The molecule has 0 spiro atoms. The number of likely N-dealkylation sites (tertiary alicyclic amines) is 1. The largest absolute Gasteiger partial charge is 0.374 e. The molecule has 3 rings (SSSR count). The van der Waals surface area contributed by atoms with E-state index < -0.39 is 0 Å². The van der Waals surface area contributed by atoms with Crippen LogP contribution in [0.1, 0.15) is 58.0 Å². The lowest BCUT2D eigenvalue weighted by molar-refractivity contribution is -0.130. The monoisotopic (exact) mass is 455 g/mol. The van der Waals surface area contributed by atoms with Crippen LogP contribution in [0.5, 0.6) is 0 Å². The van der Waals surface area contributed by atoms with Gasteiger partial charge in [-0.15, -0.1) is 0 Å². The van der Waals surface area contributed by atoms with E-state index in [9.17, 15) is 14.4 Å². The van der Waals surface area contributed by atoms with E-state index in [1.165, 1.54) is 0 Å². The molecular formula is C26H39N4O3. The minimum absolute atomic E-state index is 0. The summed E-state index contributed by atoms with van der Waals surface area (Å²) in [5.74, 6) is 0.696. The number of benzene rings is 1. The van der Waals surface area contributed by atoms with Crippen molar-refractivity contribution in [3.8, 4) is 0 Å². The van der Waals surface area contributed by atoms with Gasteiger partial charge in [0.25, 0.3) is 11.8 Å². The molecule has 1 aromatic rings. The summed E-state index contributed by atoms with van der Waals surface area (Å²) >= 11 is 0. The molecule has 0 saturated carbocycles. The number of hydrogen-bond donors (Lipinski definition) is 1. The van der Waals surface area contributed by atoms with Crippen molar-refractivity contribution in [1.29, 1.82) is 0 Å². The molecule has 2 aliphatic heterocycles. The molecule has 1 saturated heterocycles. The molecular weight excluding hydrogens is 416 g/mol. The number of carbonyl (C=O) groups excluding carboxylic acids is 3. The van der Waals surface area contributed by atoms with Crippen LogP contribution >= 0.6 is 0 Å². The summed E-state index contributed by atoms with van der Waals surface area (Å²) in [4.78, 5) is 45.0. The van der Waals surface area contributed by atoms with Crippen molar-refractivity contribution in [3.05, 3.63) is 46.4 Å². The number of amides is 3. The molecule has 0 bridgehead atoms. The Labute approximate surface area is 199 Å². The van der Waals surface area contributed by atoms with Crippen molar-refractivity contribution in [1.82, 2.24) is 10.2 Å². The number of piperidine rings is 1. The number of rotatable bonds is 6. The fourth-order valence-corrected chi connectivity index (χ4v) is 4.70. The first-order valence-electron chi connectivity index (χ1n) is 11.6. The zero-order chi connectivity index (χ0) is 24.3. The van der Waals surface area contributed by atoms with Gasteiger partial charge in [-0.3, -0.25) is 14.4 Å². The van der Waals surface area contributed by atoms with Crippen molar-refractivity contribution in [2.24, 2.45) is 10.9 Å². The number of carbonyl (C=O) groups is 3. The first-order valence-corrected chi connectivity index (χ1v) is 11.6. The van der Waals surface area contributed by atoms with Crippen LogP contribution in [0.15, 0.2) is 28.8 Å². The predicted octanol–water partition coefficient (Wildman–Crippen LogP) is 3.74. The highest BCUT2D eigenvalue weighted by atomic mass is 16.2. The number of nitrogens with zero attached hydrogens (tertiary/aromatic N) is 3. The van der Waals surface area contributed by atoms with Crippen LogP contribution in [0.4, 0.5) is 5.69 Å². The van der Waals surface area contributed by atoms with Gasteiger partial charge in [0.05, 0.1) is 0 Å². The molecule has 0 atom stereocenters. The molecule has 1 N–H and O–H groups in total. The molecule has 1 radical (unpaired) electrons. The summed E-state index contributed by atoms with van der Waals surface area (Å²) in [5, 5.41) is 2.91. The second kappa shape index (κ2) is 10.3. The Hall–Kier alpha value is -2.96. The standard InChI is InChI=1S/C26H35N4O3.2H2/c1-16-11-22(25(32)27-14-23-17(2)13-18(3)28-26(23)33)19(4)24(12-16)29(6)15-21-7-9-30(10-8-21)20(5)31;;/h11-13,21H,7-10,14-15H2,1-6H3,(H,27,32);2*1H. The van der Waals surface area contributed by atoms with E-state index in [1.54, 1.807) is 13.8 Å². The lowest BCUT2D eigenvalue weighted by Crippen LogP contribution is -2.40. The molecule has 2 aliphatic rings. The molecule has 1 aromatic carbocycles. The number of anilines is 1. The summed E-state index contributed by atoms with van der Waals surface area (Å²) in [5.41, 5.74) is 5.10. The molecule has 0 aliphatic carbocycles. The van der Waals surface area contributed by atoms with E-state index in [0.717, 1.165) is 54.9 Å². The summed E-state index contributed by atoms with van der Waals surface area (Å²) < 4.78 is 0. The number of nitrogens with one attached hydrogen (secondary N) is 1. The molecule has 1 fully saturated rings. The van der Waals surface area contributed by atoms with E-state index >= 15 is 0 Å². The number of dihydropyridines is 1. The fourth-order valence-electron chi connectivity index (χ4n) is 4.70. The van der Waals surface area contributed by atoms with Crippen molar-refractivity contribution >= 4 is 29.1 Å². The third-order valence-corrected chi connectivity index (χ3v) is 6.64. The number of aliphatic imine (C=N–C) groups is 1. The van der Waals surface area contributed by atoms with Gasteiger partial charge in [0.1, 0.15) is 5.92 Å². The first kappa shape index (κ1) is 24.7. The van der Waals surface area contributed by atoms with Crippen LogP contribution in [0.3, 0.4) is 0 Å². The highest BCUT2D eigenvalue weighted by Crippen LogP contribution is 2.28. The lowest BCUT2D eigenvalue weighted by atomic mass is 9.94. The topological polar surface area (TPSA) is 82.1 Å². The summed E-state index contributed by atoms with van der Waals surface area (Å²) in [6, 6.07) is 4.01. The highest BCUT2D eigenvalue weighted by Gasteiger charge is 2.26. The van der Waals surface area contributed by atoms with Gasteiger partial charge in [-0.25, -0.2) is 4.99 Å². The van der Waals surface area contributed by atoms with E-state index in [4.69, 9.17) is 0 Å². The van der Waals surface area contributed by atoms with E-state index in [1.807, 2.05) is 37.8 Å². The van der Waals surface area contributed by atoms with E-state index in [0.29, 0.717) is 23.1 Å². The summed E-state index contributed by atoms with van der Waals surface area (Å²) in [7, 11) is 2.06. The predicted molar refractivity (Wildman–Crippen MR) is 136 cm³/mol. The highest BCUT2D eigenvalue weighted by molar-refractivity contribution is 6.11. The SMILES string of the molecule is CC(=O)N1CCC(CN(C)c2cc(C)cc(C(=O)NC[C]3C(=O)N=C(C)C=C3C)c2C)CC1.[HH].[HH]. The van der Waals surface area contributed by atoms with Gasteiger partial charge in [-0.1, -0.05) is 5.57 Å². The lowest BCUT2D eigenvalue weighted by Gasteiger charge is -2.34. The second-order valence-corrected chi connectivity index (χ2v) is 9.33. The van der Waals surface area contributed by atoms with Gasteiger partial charge in [0.15, 0.2) is 0 Å². The van der Waals surface area contributed by atoms with Crippen LogP contribution in [0, 0.1) is 25.7 Å². The third-order valence-electron chi connectivity index (χ3n) is 6.64. The van der Waals surface area contributed by atoms with Gasteiger partial charge >= 0.3 is 0 Å². The summed E-state index contributed by atoms with van der Waals surface area (Å²) in [6.45, 7) is 11.9. The van der Waals surface area contributed by atoms with Gasteiger partial charge < -0.3 is 15.1 Å². The van der Waals surface area contributed by atoms with Crippen LogP contribution in [-0.4, -0.2) is 61.6 Å². The second-order valence-electron chi connectivity index (χ2n) is 9.33. The Morgan fingerprint density at radius 3 is 2.45 bits per heavy atom. The third kappa shape index (κ3) is 5.89. The molecule has 0 unspecified atom stereocenters. The molecule has 181 valence electrons. The zero-order valence-electron chi connectivity index (χ0n) is 20.6. The Morgan fingerprint density at radius 2 is 1.85 bits per heavy atom. The van der Waals surface area contributed by atoms with Crippen molar-refractivity contribution in [2.75, 3.05) is 38.1 Å². The minimum atomic E-state index is -0.287. The Balaban J connectivity index is 0.00000306.